The highest BCUT2D eigenvalue weighted by atomic mass is 16.5. The number of furan rings is 1. The summed E-state index contributed by atoms with van der Waals surface area (Å²) >= 11 is 0. The SMILES string of the molecule is COc1ccc2ccc(=O)n(CCCC3(C=O)CCN(C/C=C/c4ccco4)CC3)c2c1. The summed E-state index contributed by atoms with van der Waals surface area (Å²) in [5.74, 6) is 1.58. The van der Waals surface area contributed by atoms with Crippen LogP contribution in [0.25, 0.3) is 17.0 Å². The fourth-order valence-electron chi connectivity index (χ4n) is 4.53. The van der Waals surface area contributed by atoms with Crippen LogP contribution in [0.15, 0.2) is 64.0 Å². The first kappa shape index (κ1) is 22.1. The maximum Gasteiger partial charge on any atom is 0.251 e. The summed E-state index contributed by atoms with van der Waals surface area (Å²) in [5, 5.41) is 1.01. The maximum atomic E-state index is 12.5. The highest BCUT2D eigenvalue weighted by Crippen LogP contribution is 2.34. The van der Waals surface area contributed by atoms with Crippen LogP contribution in [-0.2, 0) is 11.3 Å². The largest absolute Gasteiger partial charge is 0.497 e. The molecule has 0 radical (unpaired) electrons. The number of benzene rings is 1. The molecular weight excluding hydrogens is 404 g/mol. The summed E-state index contributed by atoms with van der Waals surface area (Å²) in [4.78, 5) is 26.9. The normalized spacial score (nSPS) is 16.5. The first-order valence-electron chi connectivity index (χ1n) is 11.2. The molecule has 6 heteroatoms. The second kappa shape index (κ2) is 10.0. The number of pyridine rings is 1. The van der Waals surface area contributed by atoms with E-state index < -0.39 is 0 Å². The minimum Gasteiger partial charge on any atom is -0.497 e. The predicted octanol–water partition coefficient (Wildman–Crippen LogP) is 4.38. The van der Waals surface area contributed by atoms with Crippen molar-refractivity contribution < 1.29 is 13.9 Å². The molecule has 0 N–H and O–H groups in total. The van der Waals surface area contributed by atoms with Gasteiger partial charge in [-0.2, -0.15) is 0 Å². The number of carbonyl (C=O) groups excluding carboxylic acids is 1. The fourth-order valence-corrected chi connectivity index (χ4v) is 4.53. The third-order valence-electron chi connectivity index (χ3n) is 6.55. The molecule has 168 valence electrons. The molecule has 2 aromatic heterocycles. The van der Waals surface area contributed by atoms with Crippen molar-refractivity contribution in [3.05, 3.63) is 70.9 Å². The Kier molecular flexibility index (Phi) is 6.90. The molecule has 1 aliphatic rings. The molecule has 0 atom stereocenters. The number of piperidine rings is 1. The number of methoxy groups -OCH3 is 1. The zero-order valence-electron chi connectivity index (χ0n) is 18.5. The Bertz CT molecular complexity index is 1120. The molecule has 0 aliphatic carbocycles. The lowest BCUT2D eigenvalue weighted by Crippen LogP contribution is -2.41. The van der Waals surface area contributed by atoms with Gasteiger partial charge in [0, 0.05) is 30.6 Å². The molecule has 3 aromatic rings. The molecule has 1 fully saturated rings. The van der Waals surface area contributed by atoms with Crippen LogP contribution in [0.4, 0.5) is 0 Å². The summed E-state index contributed by atoms with van der Waals surface area (Å²) in [6, 6.07) is 13.0. The zero-order valence-corrected chi connectivity index (χ0v) is 18.5. The number of carbonyl (C=O) groups is 1. The van der Waals surface area contributed by atoms with E-state index in [4.69, 9.17) is 9.15 Å². The quantitative estimate of drug-likeness (QED) is 0.468. The van der Waals surface area contributed by atoms with Gasteiger partial charge in [0.15, 0.2) is 0 Å². The molecule has 32 heavy (non-hydrogen) atoms. The molecule has 0 bridgehead atoms. The van der Waals surface area contributed by atoms with Gasteiger partial charge in [0.25, 0.3) is 5.56 Å². The molecule has 1 saturated heterocycles. The molecular formula is C26H30N2O4. The highest BCUT2D eigenvalue weighted by Gasteiger charge is 2.33. The molecule has 0 unspecified atom stereocenters. The van der Waals surface area contributed by atoms with Gasteiger partial charge in [-0.1, -0.05) is 6.08 Å². The number of likely N-dealkylation sites (tertiary alicyclic amines) is 1. The number of aryl methyl sites for hydroxylation is 1. The van der Waals surface area contributed by atoms with Gasteiger partial charge in [-0.05, 0) is 80.6 Å². The van der Waals surface area contributed by atoms with Crippen molar-refractivity contribution >= 4 is 23.3 Å². The Morgan fingerprint density at radius 2 is 1.97 bits per heavy atom. The Labute approximate surface area is 188 Å². The van der Waals surface area contributed by atoms with Gasteiger partial charge >= 0.3 is 0 Å². The summed E-state index contributed by atoms with van der Waals surface area (Å²) in [6.07, 6.45) is 10.2. The Balaban J connectivity index is 1.35. The number of aldehydes is 1. The second-order valence-corrected chi connectivity index (χ2v) is 8.55. The highest BCUT2D eigenvalue weighted by molar-refractivity contribution is 5.80. The first-order chi connectivity index (χ1) is 15.6. The van der Waals surface area contributed by atoms with E-state index in [-0.39, 0.29) is 11.0 Å². The van der Waals surface area contributed by atoms with E-state index in [0.29, 0.717) is 6.54 Å². The van der Waals surface area contributed by atoms with Crippen LogP contribution >= 0.6 is 0 Å². The Morgan fingerprint density at radius 1 is 1.16 bits per heavy atom. The van der Waals surface area contributed by atoms with Gasteiger partial charge in [0.2, 0.25) is 0 Å². The monoisotopic (exact) mass is 434 g/mol. The van der Waals surface area contributed by atoms with Crippen molar-refractivity contribution in [1.82, 2.24) is 9.47 Å². The van der Waals surface area contributed by atoms with Gasteiger partial charge in [0.1, 0.15) is 17.8 Å². The smallest absolute Gasteiger partial charge is 0.251 e. The summed E-state index contributed by atoms with van der Waals surface area (Å²) in [6.45, 7) is 3.23. The number of ether oxygens (including phenoxy) is 1. The van der Waals surface area contributed by atoms with Crippen molar-refractivity contribution in [1.29, 1.82) is 0 Å². The van der Waals surface area contributed by atoms with Gasteiger partial charge in [-0.3, -0.25) is 9.69 Å². The van der Waals surface area contributed by atoms with Crippen LogP contribution in [0.3, 0.4) is 0 Å². The van der Waals surface area contributed by atoms with E-state index in [1.807, 2.05) is 42.5 Å². The van der Waals surface area contributed by atoms with E-state index >= 15 is 0 Å². The minimum atomic E-state index is -0.299. The summed E-state index contributed by atoms with van der Waals surface area (Å²) in [5.41, 5.74) is 0.548. The first-order valence-corrected chi connectivity index (χ1v) is 11.2. The van der Waals surface area contributed by atoms with Crippen LogP contribution in [0.1, 0.15) is 31.4 Å². The zero-order chi connectivity index (χ0) is 22.4. The number of hydrogen-bond donors (Lipinski definition) is 0. The van der Waals surface area contributed by atoms with Gasteiger partial charge in [-0.15, -0.1) is 0 Å². The average Bonchev–Trinajstić information content (AvgIpc) is 3.35. The van der Waals surface area contributed by atoms with E-state index in [1.165, 1.54) is 0 Å². The number of aromatic nitrogens is 1. The molecule has 0 amide bonds. The van der Waals surface area contributed by atoms with Crippen LogP contribution < -0.4 is 10.3 Å². The maximum absolute atomic E-state index is 12.5. The molecule has 4 rings (SSSR count). The summed E-state index contributed by atoms with van der Waals surface area (Å²) < 4.78 is 12.4. The van der Waals surface area contributed by atoms with Crippen LogP contribution in [0.5, 0.6) is 5.75 Å². The summed E-state index contributed by atoms with van der Waals surface area (Å²) in [7, 11) is 1.62. The topological polar surface area (TPSA) is 64.7 Å². The predicted molar refractivity (Wildman–Crippen MR) is 126 cm³/mol. The van der Waals surface area contributed by atoms with Crippen molar-refractivity contribution in [3.8, 4) is 5.75 Å². The fraction of sp³-hybridized carbons (Fsp3) is 0.385. The lowest BCUT2D eigenvalue weighted by molar-refractivity contribution is -0.119. The second-order valence-electron chi connectivity index (χ2n) is 8.55. The Morgan fingerprint density at radius 3 is 2.69 bits per heavy atom. The van der Waals surface area contributed by atoms with E-state index in [1.54, 1.807) is 24.0 Å². The van der Waals surface area contributed by atoms with E-state index in [0.717, 1.165) is 74.0 Å². The van der Waals surface area contributed by atoms with Crippen LogP contribution in [0, 0.1) is 5.41 Å². The van der Waals surface area contributed by atoms with Crippen molar-refractivity contribution in [2.75, 3.05) is 26.7 Å². The molecule has 1 aliphatic heterocycles. The molecule has 1 aromatic carbocycles. The van der Waals surface area contributed by atoms with Crippen molar-refractivity contribution in [3.63, 3.8) is 0 Å². The third kappa shape index (κ3) is 5.02. The number of hydrogen-bond acceptors (Lipinski definition) is 5. The molecule has 6 nitrogen and oxygen atoms in total. The number of fused-ring (bicyclic) bond motifs is 1. The standard InChI is InChI=1S/C26H30N2O4/c1-31-23-9-7-21-8-10-25(30)28(24(21)19-23)15-4-11-26(20-29)12-16-27(17-13-26)14-2-5-22-6-3-18-32-22/h2-3,5-10,18-20H,4,11-17H2,1H3/b5-2+. The minimum absolute atomic E-state index is 0.0240. The average molecular weight is 435 g/mol. The Hall–Kier alpha value is -3.12. The van der Waals surface area contributed by atoms with E-state index in [9.17, 15) is 9.59 Å². The molecule has 0 spiro atoms. The van der Waals surface area contributed by atoms with Gasteiger partial charge in [-0.25, -0.2) is 0 Å². The van der Waals surface area contributed by atoms with Crippen molar-refractivity contribution in [2.45, 2.75) is 32.2 Å². The lowest BCUT2D eigenvalue weighted by Gasteiger charge is -2.38. The number of nitrogens with zero attached hydrogens (tertiary/aromatic N) is 2. The van der Waals surface area contributed by atoms with Crippen LogP contribution in [-0.4, -0.2) is 42.5 Å². The van der Waals surface area contributed by atoms with Crippen LogP contribution in [0.2, 0.25) is 0 Å². The van der Waals surface area contributed by atoms with E-state index in [2.05, 4.69) is 11.0 Å². The van der Waals surface area contributed by atoms with Gasteiger partial charge in [0.05, 0.1) is 18.9 Å². The molecule has 0 saturated carbocycles. The number of rotatable bonds is 9. The van der Waals surface area contributed by atoms with Gasteiger partial charge < -0.3 is 18.5 Å². The van der Waals surface area contributed by atoms with Crippen molar-refractivity contribution in [2.24, 2.45) is 5.41 Å². The lowest BCUT2D eigenvalue weighted by atomic mass is 9.76. The molecule has 3 heterocycles. The third-order valence-corrected chi connectivity index (χ3v) is 6.55.